The molecule has 1 amide bonds. The second-order valence-corrected chi connectivity index (χ2v) is 9.57. The van der Waals surface area contributed by atoms with Crippen molar-refractivity contribution >= 4 is 33.8 Å². The van der Waals surface area contributed by atoms with E-state index in [0.717, 1.165) is 64.6 Å². The Morgan fingerprint density at radius 3 is 2.76 bits per heavy atom. The zero-order valence-electron chi connectivity index (χ0n) is 20.5. The van der Waals surface area contributed by atoms with Gasteiger partial charge >= 0.3 is 6.09 Å². The van der Waals surface area contributed by atoms with Crippen molar-refractivity contribution in [3.05, 3.63) is 72.7 Å². The van der Waals surface area contributed by atoms with E-state index in [1.54, 1.807) is 0 Å². The van der Waals surface area contributed by atoms with Crippen molar-refractivity contribution in [1.82, 2.24) is 29.6 Å². The molecule has 0 spiro atoms. The first-order chi connectivity index (χ1) is 18.2. The topological polar surface area (TPSA) is 115 Å². The molecule has 6 rings (SSSR count). The summed E-state index contributed by atoms with van der Waals surface area (Å²) < 4.78 is 7.45. The lowest BCUT2D eigenvalue weighted by Crippen LogP contribution is -2.39. The average molecular weight is 496 g/mol. The van der Waals surface area contributed by atoms with Crippen LogP contribution in [0.2, 0.25) is 0 Å². The summed E-state index contributed by atoms with van der Waals surface area (Å²) in [5, 5.41) is 6.83. The van der Waals surface area contributed by atoms with Crippen LogP contribution in [0, 0.1) is 5.92 Å². The Bertz CT molecular complexity index is 1530. The minimum absolute atomic E-state index is 0.239. The first-order valence-electron chi connectivity index (χ1n) is 12.7. The van der Waals surface area contributed by atoms with Gasteiger partial charge < -0.3 is 20.4 Å². The van der Waals surface area contributed by atoms with Crippen LogP contribution in [-0.2, 0) is 17.9 Å². The normalized spacial score (nSPS) is 14.4. The Labute approximate surface area is 214 Å². The third-order valence-corrected chi connectivity index (χ3v) is 7.21. The van der Waals surface area contributed by atoms with Crippen LogP contribution in [0.15, 0.2) is 67.1 Å². The summed E-state index contributed by atoms with van der Waals surface area (Å²) in [6.45, 7) is 2.43. The van der Waals surface area contributed by atoms with Gasteiger partial charge in [-0.05, 0) is 48.9 Å². The van der Waals surface area contributed by atoms with Crippen LogP contribution in [0.3, 0.4) is 0 Å². The van der Waals surface area contributed by atoms with Gasteiger partial charge in [0.15, 0.2) is 5.65 Å². The van der Waals surface area contributed by atoms with Crippen LogP contribution in [0.5, 0.6) is 0 Å². The number of nitrogens with two attached hydrogens (primary N) is 1. The number of aryl methyl sites for hydroxylation is 1. The minimum atomic E-state index is -0.239. The number of aromatic amines is 1. The van der Waals surface area contributed by atoms with Crippen LogP contribution >= 0.6 is 0 Å². The molecule has 0 atom stereocenters. The number of hydrogen-bond donors (Lipinski definition) is 2. The highest BCUT2D eigenvalue weighted by Crippen LogP contribution is 2.32. The van der Waals surface area contributed by atoms with E-state index in [1.807, 2.05) is 64.3 Å². The highest BCUT2D eigenvalue weighted by molar-refractivity contribution is 5.99. The molecule has 0 saturated carbocycles. The van der Waals surface area contributed by atoms with Gasteiger partial charge in [0.05, 0.1) is 5.39 Å². The molecule has 4 heterocycles. The number of rotatable bonds is 6. The molecule has 1 saturated heterocycles. The Morgan fingerprint density at radius 1 is 1.08 bits per heavy atom. The van der Waals surface area contributed by atoms with Gasteiger partial charge in [0, 0.05) is 42.3 Å². The molecule has 1 aliphatic heterocycles. The van der Waals surface area contributed by atoms with Crippen molar-refractivity contribution in [3.63, 3.8) is 0 Å². The number of nitrogen functional groups attached to an aromatic ring is 1. The lowest BCUT2D eigenvalue weighted by atomic mass is 9.94. The predicted molar refractivity (Wildman–Crippen MR) is 143 cm³/mol. The van der Waals surface area contributed by atoms with Crippen LogP contribution in [0.25, 0.3) is 33.2 Å². The van der Waals surface area contributed by atoms with E-state index in [2.05, 4.69) is 21.0 Å². The second kappa shape index (κ2) is 9.93. The molecule has 1 aliphatic rings. The van der Waals surface area contributed by atoms with E-state index in [0.29, 0.717) is 31.4 Å². The SMILES string of the molecule is Nc1ncnc2c1c(-c1ccc3[nH]ccc3c1)nn2CCC1CCN(C(=O)OCc2ccccc2)CC1. The summed E-state index contributed by atoms with van der Waals surface area (Å²) in [6, 6.07) is 18.0. The van der Waals surface area contributed by atoms with Gasteiger partial charge in [0.2, 0.25) is 0 Å². The monoisotopic (exact) mass is 495 g/mol. The summed E-state index contributed by atoms with van der Waals surface area (Å²) in [4.78, 5) is 26.3. The molecule has 9 heteroatoms. The number of ether oxygens (including phenoxy) is 1. The van der Waals surface area contributed by atoms with E-state index in [4.69, 9.17) is 15.6 Å². The number of H-pyrrole nitrogens is 1. The van der Waals surface area contributed by atoms with Gasteiger partial charge in [0.1, 0.15) is 24.4 Å². The Hall–Kier alpha value is -4.40. The molecule has 3 aromatic heterocycles. The number of nitrogens with one attached hydrogen (secondary N) is 1. The number of fused-ring (bicyclic) bond motifs is 2. The molecule has 188 valence electrons. The average Bonchev–Trinajstić information content (AvgIpc) is 3.56. The third kappa shape index (κ3) is 4.72. The molecule has 5 aromatic rings. The molecule has 0 unspecified atom stereocenters. The van der Waals surface area contributed by atoms with Gasteiger partial charge in [-0.1, -0.05) is 36.4 Å². The number of aromatic nitrogens is 5. The summed E-state index contributed by atoms with van der Waals surface area (Å²) in [5.41, 5.74) is 10.9. The highest BCUT2D eigenvalue weighted by Gasteiger charge is 2.25. The van der Waals surface area contributed by atoms with E-state index in [9.17, 15) is 4.79 Å². The Morgan fingerprint density at radius 2 is 1.92 bits per heavy atom. The molecule has 0 radical (unpaired) electrons. The van der Waals surface area contributed by atoms with Crippen molar-refractivity contribution in [1.29, 1.82) is 0 Å². The molecule has 37 heavy (non-hydrogen) atoms. The molecular formula is C28H29N7O2. The lowest BCUT2D eigenvalue weighted by molar-refractivity contribution is 0.0810. The number of piperidine rings is 1. The van der Waals surface area contributed by atoms with E-state index in [1.165, 1.54) is 6.33 Å². The number of carbonyl (C=O) groups is 1. The summed E-state index contributed by atoms with van der Waals surface area (Å²) in [5.74, 6) is 0.930. The second-order valence-electron chi connectivity index (χ2n) is 9.57. The van der Waals surface area contributed by atoms with Crippen LogP contribution in [0.1, 0.15) is 24.8 Å². The smallest absolute Gasteiger partial charge is 0.410 e. The zero-order chi connectivity index (χ0) is 25.2. The van der Waals surface area contributed by atoms with Crippen molar-refractivity contribution in [3.8, 4) is 11.3 Å². The fourth-order valence-electron chi connectivity index (χ4n) is 5.11. The summed E-state index contributed by atoms with van der Waals surface area (Å²) in [6.07, 6.45) is 6.01. The number of nitrogens with zero attached hydrogens (tertiary/aromatic N) is 5. The Balaban J connectivity index is 1.11. The lowest BCUT2D eigenvalue weighted by Gasteiger charge is -2.31. The van der Waals surface area contributed by atoms with Gasteiger partial charge in [-0.2, -0.15) is 5.10 Å². The molecule has 2 aromatic carbocycles. The Kier molecular flexibility index (Phi) is 6.18. The van der Waals surface area contributed by atoms with Crippen molar-refractivity contribution in [2.24, 2.45) is 5.92 Å². The molecular weight excluding hydrogens is 466 g/mol. The first-order valence-corrected chi connectivity index (χ1v) is 12.7. The molecule has 9 nitrogen and oxygen atoms in total. The first kappa shape index (κ1) is 23.0. The van der Waals surface area contributed by atoms with Crippen molar-refractivity contribution in [2.75, 3.05) is 18.8 Å². The van der Waals surface area contributed by atoms with E-state index < -0.39 is 0 Å². The highest BCUT2D eigenvalue weighted by atomic mass is 16.6. The van der Waals surface area contributed by atoms with Gasteiger partial charge in [-0.3, -0.25) is 0 Å². The molecule has 0 aliphatic carbocycles. The fourth-order valence-corrected chi connectivity index (χ4v) is 5.11. The van der Waals surface area contributed by atoms with Gasteiger partial charge in [-0.15, -0.1) is 0 Å². The number of likely N-dealkylation sites (tertiary alicyclic amines) is 1. The van der Waals surface area contributed by atoms with Crippen molar-refractivity contribution < 1.29 is 9.53 Å². The summed E-state index contributed by atoms with van der Waals surface area (Å²) in [7, 11) is 0. The number of anilines is 1. The maximum Gasteiger partial charge on any atom is 0.410 e. The molecule has 1 fully saturated rings. The third-order valence-electron chi connectivity index (χ3n) is 7.21. The number of carbonyl (C=O) groups excluding carboxylic acids is 1. The number of amides is 1. The summed E-state index contributed by atoms with van der Waals surface area (Å²) >= 11 is 0. The maximum atomic E-state index is 12.5. The predicted octanol–water partition coefficient (Wildman–Crippen LogP) is 5.00. The standard InChI is InChI=1S/C28H29N7O2/c29-26-24-25(22-6-7-23-21(16-22)8-12-30-23)33-35(27(24)32-18-31-26)15-11-19-9-13-34(14-10-19)28(36)37-17-20-4-2-1-3-5-20/h1-8,12,16,18-19,30H,9-11,13-15,17H2,(H2,29,31,32). The quantitative estimate of drug-likeness (QED) is 0.343. The fraction of sp³-hybridized carbons (Fsp3) is 0.286. The van der Waals surface area contributed by atoms with Crippen LogP contribution in [-0.4, -0.2) is 48.8 Å². The van der Waals surface area contributed by atoms with Crippen LogP contribution in [0.4, 0.5) is 10.6 Å². The van der Waals surface area contributed by atoms with Gasteiger partial charge in [-0.25, -0.2) is 19.4 Å². The largest absolute Gasteiger partial charge is 0.445 e. The van der Waals surface area contributed by atoms with Gasteiger partial charge in [0.25, 0.3) is 0 Å². The van der Waals surface area contributed by atoms with Crippen LogP contribution < -0.4 is 5.73 Å². The minimum Gasteiger partial charge on any atom is -0.445 e. The zero-order valence-corrected chi connectivity index (χ0v) is 20.5. The van der Waals surface area contributed by atoms with E-state index in [-0.39, 0.29) is 6.09 Å². The number of benzene rings is 2. The maximum absolute atomic E-state index is 12.5. The van der Waals surface area contributed by atoms with E-state index >= 15 is 0 Å². The molecule has 0 bridgehead atoms. The van der Waals surface area contributed by atoms with Crippen molar-refractivity contribution in [2.45, 2.75) is 32.4 Å². The number of hydrogen-bond acceptors (Lipinski definition) is 6. The molecule has 3 N–H and O–H groups in total.